The molecule has 0 radical (unpaired) electrons. The van der Waals surface area contributed by atoms with Gasteiger partial charge in [0.05, 0.1) is 4.92 Å². The van der Waals surface area contributed by atoms with Crippen LogP contribution in [0.15, 0.2) is 58.0 Å². The van der Waals surface area contributed by atoms with Crippen molar-refractivity contribution < 1.29 is 4.92 Å². The first-order valence-corrected chi connectivity index (χ1v) is 11.6. The van der Waals surface area contributed by atoms with Crippen molar-refractivity contribution in [3.63, 3.8) is 0 Å². The van der Waals surface area contributed by atoms with Gasteiger partial charge in [-0.3, -0.25) is 10.1 Å². The number of nitrogens with one attached hydrogen (secondary N) is 2. The van der Waals surface area contributed by atoms with Crippen molar-refractivity contribution in [3.05, 3.63) is 68.1 Å². The lowest BCUT2D eigenvalue weighted by Gasteiger charge is -2.27. The van der Waals surface area contributed by atoms with Crippen LogP contribution in [0, 0.1) is 22.0 Å². The van der Waals surface area contributed by atoms with Crippen LogP contribution in [0.1, 0.15) is 65.7 Å². The van der Waals surface area contributed by atoms with Crippen LogP contribution >= 0.6 is 0 Å². The third-order valence-corrected chi connectivity index (χ3v) is 6.99. The quantitative estimate of drug-likeness (QED) is 0.329. The molecule has 1 aliphatic heterocycles. The number of nitro groups is 1. The van der Waals surface area contributed by atoms with Crippen molar-refractivity contribution in [1.82, 2.24) is 10.6 Å². The molecule has 162 valence electrons. The average Bonchev–Trinajstić information content (AvgIpc) is 3.45. The minimum Gasteiger partial charge on any atom is -0.388 e. The van der Waals surface area contributed by atoms with Crippen LogP contribution in [0.4, 0.5) is 0 Å². The van der Waals surface area contributed by atoms with Gasteiger partial charge in [0, 0.05) is 36.8 Å². The Morgan fingerprint density at radius 1 is 1.33 bits per heavy atom. The molecule has 1 heterocycles. The molecule has 3 atom stereocenters. The summed E-state index contributed by atoms with van der Waals surface area (Å²) in [5.74, 6) is 1.45. The first-order chi connectivity index (χ1) is 14.4. The molecule has 2 unspecified atom stereocenters. The van der Waals surface area contributed by atoms with E-state index in [0.717, 1.165) is 36.6 Å². The van der Waals surface area contributed by atoms with Gasteiger partial charge in [0.1, 0.15) is 0 Å². The first-order valence-electron chi connectivity index (χ1n) is 11.6. The van der Waals surface area contributed by atoms with E-state index in [4.69, 9.17) is 0 Å². The van der Waals surface area contributed by atoms with E-state index in [-0.39, 0.29) is 4.92 Å². The lowest BCUT2D eigenvalue weighted by atomic mass is 9.79. The second-order valence-electron chi connectivity index (χ2n) is 9.67. The van der Waals surface area contributed by atoms with Gasteiger partial charge in [-0.25, -0.2) is 0 Å². The maximum Gasteiger partial charge on any atom is 0.246 e. The molecule has 4 rings (SSSR count). The van der Waals surface area contributed by atoms with E-state index < -0.39 is 0 Å². The molecule has 4 aliphatic rings. The third-order valence-electron chi connectivity index (χ3n) is 6.99. The molecule has 0 amide bonds. The van der Waals surface area contributed by atoms with Crippen LogP contribution in [-0.4, -0.2) is 23.6 Å². The molecule has 30 heavy (non-hydrogen) atoms. The average molecular weight is 410 g/mol. The van der Waals surface area contributed by atoms with Gasteiger partial charge in [0.2, 0.25) is 5.70 Å². The van der Waals surface area contributed by atoms with Gasteiger partial charge in [0.15, 0.2) is 0 Å². The summed E-state index contributed by atoms with van der Waals surface area (Å²) in [5, 5.41) is 18.2. The Kier molecular flexibility index (Phi) is 6.28. The summed E-state index contributed by atoms with van der Waals surface area (Å²) in [4.78, 5) is 10.8. The van der Waals surface area contributed by atoms with Gasteiger partial charge in [-0.15, -0.1) is 0 Å². The highest BCUT2D eigenvalue weighted by atomic mass is 16.6. The normalized spacial score (nSPS) is 27.9. The lowest BCUT2D eigenvalue weighted by molar-refractivity contribution is -0.428. The monoisotopic (exact) mass is 409 g/mol. The van der Waals surface area contributed by atoms with Crippen LogP contribution in [-0.2, 0) is 0 Å². The zero-order chi connectivity index (χ0) is 21.3. The fraction of sp³-hybridized carbons (Fsp3) is 0.600. The number of rotatable bonds is 8. The van der Waals surface area contributed by atoms with Gasteiger partial charge in [0.25, 0.3) is 0 Å². The first kappa shape index (κ1) is 21.1. The maximum atomic E-state index is 11.0. The van der Waals surface area contributed by atoms with Crippen molar-refractivity contribution >= 4 is 0 Å². The van der Waals surface area contributed by atoms with Crippen molar-refractivity contribution in [1.29, 1.82) is 0 Å². The number of nitrogens with zero attached hydrogens (tertiary/aromatic N) is 1. The van der Waals surface area contributed by atoms with Gasteiger partial charge >= 0.3 is 0 Å². The predicted molar refractivity (Wildman–Crippen MR) is 121 cm³/mol. The summed E-state index contributed by atoms with van der Waals surface area (Å²) < 4.78 is 0. The Labute approximate surface area is 180 Å². The number of allylic oxidation sites excluding steroid dienone is 7. The Hall–Kier alpha value is -2.14. The van der Waals surface area contributed by atoms with Crippen LogP contribution in [0.5, 0.6) is 0 Å². The molecule has 1 saturated heterocycles. The second kappa shape index (κ2) is 8.93. The van der Waals surface area contributed by atoms with E-state index in [9.17, 15) is 10.1 Å². The van der Waals surface area contributed by atoms with Gasteiger partial charge < -0.3 is 10.6 Å². The van der Waals surface area contributed by atoms with E-state index in [0.29, 0.717) is 30.1 Å². The molecule has 3 aliphatic carbocycles. The lowest BCUT2D eigenvalue weighted by Crippen LogP contribution is -2.20. The highest BCUT2D eigenvalue weighted by Crippen LogP contribution is 2.41. The number of hydrogen-bond donors (Lipinski definition) is 2. The highest BCUT2D eigenvalue weighted by molar-refractivity contribution is 5.50. The van der Waals surface area contributed by atoms with Crippen LogP contribution in [0.3, 0.4) is 0 Å². The van der Waals surface area contributed by atoms with E-state index in [1.54, 1.807) is 11.6 Å². The molecule has 0 aromatic rings. The highest BCUT2D eigenvalue weighted by Gasteiger charge is 2.39. The predicted octanol–water partition coefficient (Wildman–Crippen LogP) is 5.17. The van der Waals surface area contributed by atoms with Crippen molar-refractivity contribution in [2.24, 2.45) is 11.8 Å². The Morgan fingerprint density at radius 2 is 2.17 bits per heavy atom. The van der Waals surface area contributed by atoms with E-state index in [1.165, 1.54) is 36.8 Å². The minimum absolute atomic E-state index is 0.255. The summed E-state index contributed by atoms with van der Waals surface area (Å²) in [6, 6.07) is 1.16. The zero-order valence-corrected chi connectivity index (χ0v) is 18.5. The summed E-state index contributed by atoms with van der Waals surface area (Å²) in [7, 11) is 0. The molecule has 2 N–H and O–H groups in total. The minimum atomic E-state index is -0.255. The molecule has 0 spiro atoms. The molecule has 0 aromatic carbocycles. The maximum absolute atomic E-state index is 11.0. The van der Waals surface area contributed by atoms with Crippen LogP contribution < -0.4 is 10.6 Å². The summed E-state index contributed by atoms with van der Waals surface area (Å²) in [6.45, 7) is 7.49. The Balaban J connectivity index is 1.44. The Bertz CT molecular complexity index is 860. The second-order valence-corrected chi connectivity index (χ2v) is 9.67. The Morgan fingerprint density at radius 3 is 2.90 bits per heavy atom. The molecular weight excluding hydrogens is 374 g/mol. The molecule has 0 saturated carbocycles. The third kappa shape index (κ3) is 4.77. The summed E-state index contributed by atoms with van der Waals surface area (Å²) >= 11 is 0. The van der Waals surface area contributed by atoms with Gasteiger partial charge in [-0.05, 0) is 67.6 Å². The SMILES string of the molecule is CC1=C(NCCC2=C[C@H]3NC3CC3=C2C=CCC3CCC(C)C)CCC([N+](=O)[O-])=C1. The molecule has 0 aromatic heterocycles. The zero-order valence-electron chi connectivity index (χ0n) is 18.5. The molecular formula is C25H35N3O2. The number of hydrogen-bond acceptors (Lipinski definition) is 4. The van der Waals surface area contributed by atoms with E-state index in [2.05, 4.69) is 42.7 Å². The van der Waals surface area contributed by atoms with E-state index in [1.807, 2.05) is 6.92 Å². The smallest absolute Gasteiger partial charge is 0.246 e. The summed E-state index contributed by atoms with van der Waals surface area (Å²) in [5.41, 5.74) is 7.11. The fourth-order valence-corrected chi connectivity index (χ4v) is 5.12. The fourth-order valence-electron chi connectivity index (χ4n) is 5.12. The number of fused-ring (bicyclic) bond motifs is 1. The molecule has 5 heteroatoms. The van der Waals surface area contributed by atoms with Crippen LogP contribution in [0.2, 0.25) is 0 Å². The van der Waals surface area contributed by atoms with Crippen molar-refractivity contribution in [2.75, 3.05) is 6.54 Å². The van der Waals surface area contributed by atoms with Gasteiger partial charge in [-0.2, -0.15) is 0 Å². The van der Waals surface area contributed by atoms with Crippen LogP contribution in [0.25, 0.3) is 0 Å². The van der Waals surface area contributed by atoms with Crippen molar-refractivity contribution in [3.8, 4) is 0 Å². The molecule has 5 nitrogen and oxygen atoms in total. The largest absolute Gasteiger partial charge is 0.388 e. The summed E-state index contributed by atoms with van der Waals surface area (Å²) in [6.07, 6.45) is 16.1. The standard InChI is InChI=1S/C25H35N3O2/c1-16(2)7-8-18-5-4-6-21-19(14-24-25(27-24)15-22(18)21)11-12-26-23-10-9-20(28(29)30)13-17(23)3/h4,6,13-14,16,18,24-27H,5,7-12,15H2,1-3H3/t18?,24-,25?/m1/s1. The van der Waals surface area contributed by atoms with E-state index >= 15 is 0 Å². The molecule has 0 bridgehead atoms. The van der Waals surface area contributed by atoms with Crippen molar-refractivity contribution in [2.45, 2.75) is 77.8 Å². The topological polar surface area (TPSA) is 77.1 Å². The van der Waals surface area contributed by atoms with Gasteiger partial charge in [-0.1, -0.05) is 44.1 Å². The molecule has 1 fully saturated rings.